The van der Waals surface area contributed by atoms with Crippen molar-refractivity contribution in [2.75, 3.05) is 0 Å². The standard InChI is InChI=1S/C18H11ClFNO3S2/c19-12-7-4-8-13(20)11(12)9-14-16(22)21(18(25)26-14)15(17(23)24)10-5-2-1-3-6-10/h1-9,15H,(H,23,24)/t15-/m1/s1. The minimum atomic E-state index is -1.26. The van der Waals surface area contributed by atoms with Crippen molar-refractivity contribution < 1.29 is 19.1 Å². The van der Waals surface area contributed by atoms with Gasteiger partial charge in [0, 0.05) is 5.56 Å². The first kappa shape index (κ1) is 18.6. The molecule has 1 fully saturated rings. The average molecular weight is 408 g/mol. The molecule has 0 radical (unpaired) electrons. The van der Waals surface area contributed by atoms with Gasteiger partial charge in [-0.15, -0.1) is 0 Å². The highest BCUT2D eigenvalue weighted by Crippen LogP contribution is 2.39. The Morgan fingerprint density at radius 1 is 1.23 bits per heavy atom. The highest BCUT2D eigenvalue weighted by Gasteiger charge is 2.41. The normalized spacial score (nSPS) is 17.0. The number of rotatable bonds is 4. The number of aliphatic carboxylic acids is 1. The Hall–Kier alpha value is -2.22. The predicted molar refractivity (Wildman–Crippen MR) is 103 cm³/mol. The first-order chi connectivity index (χ1) is 12.4. The average Bonchev–Trinajstić information content (AvgIpc) is 2.87. The zero-order chi connectivity index (χ0) is 18.8. The largest absolute Gasteiger partial charge is 0.479 e. The molecule has 1 atom stereocenters. The fraction of sp³-hybridized carbons (Fsp3) is 0.0556. The molecule has 1 saturated heterocycles. The summed E-state index contributed by atoms with van der Waals surface area (Å²) in [5, 5.41) is 9.77. The number of thiocarbonyl (C=S) groups is 1. The molecule has 2 aromatic carbocycles. The summed E-state index contributed by atoms with van der Waals surface area (Å²) in [6, 6.07) is 11.2. The third kappa shape index (κ3) is 3.51. The number of hydrogen-bond acceptors (Lipinski definition) is 4. The molecule has 2 aromatic rings. The molecule has 1 aliphatic heterocycles. The van der Waals surface area contributed by atoms with Gasteiger partial charge < -0.3 is 5.11 Å². The van der Waals surface area contributed by atoms with E-state index in [1.165, 1.54) is 24.3 Å². The summed E-state index contributed by atoms with van der Waals surface area (Å²) in [6.07, 6.45) is 1.29. The number of carbonyl (C=O) groups is 2. The zero-order valence-electron chi connectivity index (χ0n) is 13.1. The van der Waals surface area contributed by atoms with E-state index >= 15 is 0 Å². The van der Waals surface area contributed by atoms with Gasteiger partial charge in [-0.05, 0) is 23.8 Å². The minimum Gasteiger partial charge on any atom is -0.479 e. The lowest BCUT2D eigenvalue weighted by molar-refractivity contribution is -0.145. The van der Waals surface area contributed by atoms with Crippen LogP contribution in [0.1, 0.15) is 17.2 Å². The number of carboxylic acids is 1. The summed E-state index contributed by atoms with van der Waals surface area (Å²) in [7, 11) is 0. The van der Waals surface area contributed by atoms with E-state index < -0.39 is 23.7 Å². The predicted octanol–water partition coefficient (Wildman–Crippen LogP) is 4.51. The van der Waals surface area contributed by atoms with Crippen LogP contribution in [0.3, 0.4) is 0 Å². The second kappa shape index (κ2) is 7.57. The fourth-order valence-corrected chi connectivity index (χ4v) is 4.03. The number of halogens is 2. The molecular weight excluding hydrogens is 397 g/mol. The molecule has 3 rings (SSSR count). The molecule has 0 spiro atoms. The number of carbonyl (C=O) groups excluding carboxylic acids is 1. The number of benzene rings is 2. The Balaban J connectivity index is 2.01. The number of amides is 1. The van der Waals surface area contributed by atoms with Gasteiger partial charge in [0.25, 0.3) is 5.91 Å². The van der Waals surface area contributed by atoms with Gasteiger partial charge in [-0.25, -0.2) is 9.18 Å². The number of hydrogen-bond donors (Lipinski definition) is 1. The van der Waals surface area contributed by atoms with Crippen LogP contribution >= 0.6 is 35.6 Å². The monoisotopic (exact) mass is 407 g/mol. The molecule has 0 saturated carbocycles. The molecule has 1 N–H and O–H groups in total. The van der Waals surface area contributed by atoms with E-state index in [0.717, 1.165) is 16.7 Å². The van der Waals surface area contributed by atoms with Crippen molar-refractivity contribution >= 4 is 57.9 Å². The van der Waals surface area contributed by atoms with E-state index in [2.05, 4.69) is 0 Å². The topological polar surface area (TPSA) is 57.6 Å². The number of nitrogens with zero attached hydrogens (tertiary/aromatic N) is 1. The van der Waals surface area contributed by atoms with Crippen molar-refractivity contribution in [1.82, 2.24) is 4.90 Å². The summed E-state index contributed by atoms with van der Waals surface area (Å²) in [4.78, 5) is 25.7. The lowest BCUT2D eigenvalue weighted by Crippen LogP contribution is -2.37. The Morgan fingerprint density at radius 2 is 1.92 bits per heavy atom. The molecule has 0 aromatic heterocycles. The molecule has 0 bridgehead atoms. The van der Waals surface area contributed by atoms with Crippen molar-refractivity contribution in [2.24, 2.45) is 0 Å². The Morgan fingerprint density at radius 3 is 2.54 bits per heavy atom. The summed E-state index contributed by atoms with van der Waals surface area (Å²) in [6.45, 7) is 0. The molecule has 1 aliphatic rings. The second-order valence-electron chi connectivity index (χ2n) is 5.34. The van der Waals surface area contributed by atoms with E-state index in [1.54, 1.807) is 30.3 Å². The lowest BCUT2D eigenvalue weighted by Gasteiger charge is -2.23. The van der Waals surface area contributed by atoms with Crippen LogP contribution in [-0.2, 0) is 9.59 Å². The van der Waals surface area contributed by atoms with Gasteiger partial charge in [0.1, 0.15) is 10.1 Å². The third-order valence-corrected chi connectivity index (χ3v) is 5.37. The highest BCUT2D eigenvalue weighted by molar-refractivity contribution is 8.26. The van der Waals surface area contributed by atoms with Gasteiger partial charge >= 0.3 is 5.97 Å². The molecular formula is C18H11ClFNO3S2. The molecule has 4 nitrogen and oxygen atoms in total. The molecule has 1 amide bonds. The highest BCUT2D eigenvalue weighted by atomic mass is 35.5. The first-order valence-corrected chi connectivity index (χ1v) is 8.99. The van der Waals surface area contributed by atoms with Gasteiger partial charge in [0.05, 0.1) is 9.93 Å². The van der Waals surface area contributed by atoms with Crippen molar-refractivity contribution in [3.63, 3.8) is 0 Å². The van der Waals surface area contributed by atoms with E-state index in [9.17, 15) is 19.1 Å². The minimum absolute atomic E-state index is 0.0567. The molecule has 0 aliphatic carbocycles. The quantitative estimate of drug-likeness (QED) is 0.597. The summed E-state index contributed by atoms with van der Waals surface area (Å²) in [5.74, 6) is -2.39. The second-order valence-corrected chi connectivity index (χ2v) is 7.42. The molecule has 132 valence electrons. The summed E-state index contributed by atoms with van der Waals surface area (Å²) < 4.78 is 14.1. The van der Waals surface area contributed by atoms with Crippen molar-refractivity contribution in [3.05, 3.63) is 75.4 Å². The van der Waals surface area contributed by atoms with E-state index in [0.29, 0.717) is 5.56 Å². The smallest absolute Gasteiger partial charge is 0.331 e. The molecule has 8 heteroatoms. The van der Waals surface area contributed by atoms with Crippen LogP contribution in [0.5, 0.6) is 0 Å². The maximum Gasteiger partial charge on any atom is 0.331 e. The Labute approximate surface area is 163 Å². The molecule has 1 heterocycles. The fourth-order valence-electron chi connectivity index (χ4n) is 2.52. The van der Waals surface area contributed by atoms with Crippen LogP contribution in [0.25, 0.3) is 6.08 Å². The third-order valence-electron chi connectivity index (χ3n) is 3.71. The molecule has 0 unspecified atom stereocenters. The van der Waals surface area contributed by atoms with Crippen molar-refractivity contribution in [2.45, 2.75) is 6.04 Å². The SMILES string of the molecule is O=C(O)[C@@H](c1ccccc1)N1C(=O)C(=Cc2c(F)cccc2Cl)SC1=S. The maximum atomic E-state index is 14.0. The van der Waals surface area contributed by atoms with Gasteiger partial charge in [0.15, 0.2) is 6.04 Å². The lowest BCUT2D eigenvalue weighted by atomic mass is 10.1. The van der Waals surface area contributed by atoms with Gasteiger partial charge in [-0.1, -0.05) is 72.0 Å². The van der Waals surface area contributed by atoms with Crippen LogP contribution in [0.15, 0.2) is 53.4 Å². The summed E-state index contributed by atoms with van der Waals surface area (Å²) in [5.41, 5.74) is 0.475. The van der Waals surface area contributed by atoms with Crippen LogP contribution in [-0.4, -0.2) is 26.2 Å². The molecule has 26 heavy (non-hydrogen) atoms. The van der Waals surface area contributed by atoms with Crippen LogP contribution in [0.4, 0.5) is 4.39 Å². The van der Waals surface area contributed by atoms with Crippen LogP contribution < -0.4 is 0 Å². The number of carboxylic acid groups (broad SMARTS) is 1. The van der Waals surface area contributed by atoms with E-state index in [1.807, 2.05) is 0 Å². The van der Waals surface area contributed by atoms with Crippen LogP contribution in [0.2, 0.25) is 5.02 Å². The van der Waals surface area contributed by atoms with Crippen LogP contribution in [0, 0.1) is 5.82 Å². The summed E-state index contributed by atoms with van der Waals surface area (Å²) >= 11 is 12.1. The zero-order valence-corrected chi connectivity index (χ0v) is 15.4. The Bertz CT molecular complexity index is 913. The van der Waals surface area contributed by atoms with Gasteiger partial charge in [-0.2, -0.15) is 0 Å². The van der Waals surface area contributed by atoms with Crippen molar-refractivity contribution in [3.8, 4) is 0 Å². The van der Waals surface area contributed by atoms with E-state index in [-0.39, 0.29) is 19.8 Å². The number of thioether (sulfide) groups is 1. The van der Waals surface area contributed by atoms with Crippen molar-refractivity contribution in [1.29, 1.82) is 0 Å². The first-order valence-electron chi connectivity index (χ1n) is 7.39. The maximum absolute atomic E-state index is 14.0. The van der Waals surface area contributed by atoms with Gasteiger partial charge in [0.2, 0.25) is 0 Å². The van der Waals surface area contributed by atoms with Gasteiger partial charge in [-0.3, -0.25) is 9.69 Å². The Kier molecular flexibility index (Phi) is 5.41. The van der Waals surface area contributed by atoms with E-state index in [4.69, 9.17) is 23.8 Å².